The fraction of sp³-hybridized carbons (Fsp3) is 0.111. The van der Waals surface area contributed by atoms with Gasteiger partial charge in [-0.05, 0) is 12.1 Å². The number of hydrogen-bond acceptors (Lipinski definition) is 4. The lowest BCUT2D eigenvalue weighted by molar-refractivity contribution is 0.736. The molecule has 0 aliphatic heterocycles. The van der Waals surface area contributed by atoms with Crippen molar-refractivity contribution in [1.82, 2.24) is 25.0 Å². The highest BCUT2D eigenvalue weighted by atomic mass is 15.4. The lowest BCUT2D eigenvalue weighted by Crippen LogP contribution is -1.89. The molecule has 0 bridgehead atoms. The van der Waals surface area contributed by atoms with Crippen LogP contribution in [0.1, 0.15) is 0 Å². The third-order valence-electron chi connectivity index (χ3n) is 2.17. The summed E-state index contributed by atoms with van der Waals surface area (Å²) in [5.41, 5.74) is 2.66. The minimum Gasteiger partial charge on any atom is -0.248 e. The molecular formula is C9H6N5. The van der Waals surface area contributed by atoms with Crippen molar-refractivity contribution in [2.75, 3.05) is 0 Å². The number of aryl methyl sites for hydroxylation is 1. The van der Waals surface area contributed by atoms with Gasteiger partial charge in [-0.15, -0.1) is 5.10 Å². The lowest BCUT2D eigenvalue weighted by Gasteiger charge is -1.95. The quantitative estimate of drug-likeness (QED) is 0.516. The smallest absolute Gasteiger partial charge is 0.116 e. The predicted molar refractivity (Wildman–Crippen MR) is 50.4 cm³/mol. The third kappa shape index (κ3) is 0.891. The second-order valence-corrected chi connectivity index (χ2v) is 3.06. The number of rotatable bonds is 0. The minimum atomic E-state index is 0.839. The molecule has 0 fully saturated rings. The molecule has 0 unspecified atom stereocenters. The van der Waals surface area contributed by atoms with Crippen molar-refractivity contribution < 1.29 is 0 Å². The number of benzene rings is 1. The highest BCUT2D eigenvalue weighted by Crippen LogP contribution is 2.17. The Bertz CT molecular complexity index is 613. The molecule has 0 aliphatic rings. The van der Waals surface area contributed by atoms with Gasteiger partial charge in [0.1, 0.15) is 18.0 Å². The zero-order valence-electron chi connectivity index (χ0n) is 7.47. The Labute approximate surface area is 79.4 Å². The monoisotopic (exact) mass is 184 g/mol. The summed E-state index contributed by atoms with van der Waals surface area (Å²) < 4.78 is 1.72. The molecule has 0 N–H and O–H groups in total. The van der Waals surface area contributed by atoms with E-state index in [1.54, 1.807) is 4.68 Å². The summed E-state index contributed by atoms with van der Waals surface area (Å²) >= 11 is 0. The Hall–Kier alpha value is -2.04. The first-order valence-corrected chi connectivity index (χ1v) is 4.16. The van der Waals surface area contributed by atoms with E-state index >= 15 is 0 Å². The van der Waals surface area contributed by atoms with Crippen molar-refractivity contribution in [3.8, 4) is 0 Å². The Morgan fingerprint density at radius 1 is 1.29 bits per heavy atom. The number of aromatic nitrogens is 5. The zero-order chi connectivity index (χ0) is 9.54. The van der Waals surface area contributed by atoms with Gasteiger partial charge in [0.05, 0.1) is 11.0 Å². The van der Waals surface area contributed by atoms with Crippen molar-refractivity contribution in [2.24, 2.45) is 7.05 Å². The second-order valence-electron chi connectivity index (χ2n) is 3.06. The van der Waals surface area contributed by atoms with E-state index < -0.39 is 0 Å². The van der Waals surface area contributed by atoms with Crippen molar-refractivity contribution in [3.05, 3.63) is 24.7 Å². The Morgan fingerprint density at radius 3 is 3.14 bits per heavy atom. The van der Waals surface area contributed by atoms with Gasteiger partial charge in [-0.1, -0.05) is 5.21 Å². The molecule has 2 heterocycles. The normalized spacial score (nSPS) is 11.2. The van der Waals surface area contributed by atoms with E-state index in [1.165, 1.54) is 6.33 Å². The molecule has 1 aromatic carbocycles. The van der Waals surface area contributed by atoms with E-state index in [9.17, 15) is 0 Å². The SMILES string of the molecule is Cn1nnc2cc3[c]ncnc3cc21. The maximum Gasteiger partial charge on any atom is 0.116 e. The van der Waals surface area contributed by atoms with E-state index in [2.05, 4.69) is 26.5 Å². The number of fused-ring (bicyclic) bond motifs is 2. The van der Waals surface area contributed by atoms with Gasteiger partial charge in [0.2, 0.25) is 0 Å². The molecule has 0 spiro atoms. The first-order chi connectivity index (χ1) is 6.84. The zero-order valence-corrected chi connectivity index (χ0v) is 7.47. The molecule has 3 rings (SSSR count). The van der Waals surface area contributed by atoms with Crippen LogP contribution in [0.4, 0.5) is 0 Å². The fourth-order valence-corrected chi connectivity index (χ4v) is 1.45. The van der Waals surface area contributed by atoms with Crippen LogP contribution < -0.4 is 0 Å². The van der Waals surface area contributed by atoms with Gasteiger partial charge in [0.15, 0.2) is 0 Å². The van der Waals surface area contributed by atoms with E-state index in [4.69, 9.17) is 0 Å². The van der Waals surface area contributed by atoms with Gasteiger partial charge in [0.25, 0.3) is 0 Å². The molecular weight excluding hydrogens is 178 g/mol. The van der Waals surface area contributed by atoms with E-state index in [1.807, 2.05) is 19.2 Å². The summed E-state index contributed by atoms with van der Waals surface area (Å²) in [7, 11) is 1.85. The summed E-state index contributed by atoms with van der Waals surface area (Å²) in [6.07, 6.45) is 4.35. The molecule has 5 heteroatoms. The van der Waals surface area contributed by atoms with Gasteiger partial charge in [0, 0.05) is 12.4 Å². The summed E-state index contributed by atoms with van der Waals surface area (Å²) in [4.78, 5) is 7.98. The first-order valence-electron chi connectivity index (χ1n) is 4.16. The highest BCUT2D eigenvalue weighted by molar-refractivity contribution is 5.91. The van der Waals surface area contributed by atoms with Crippen molar-refractivity contribution in [3.63, 3.8) is 0 Å². The molecule has 0 saturated carbocycles. The topological polar surface area (TPSA) is 56.5 Å². The molecule has 0 aliphatic carbocycles. The molecule has 14 heavy (non-hydrogen) atoms. The largest absolute Gasteiger partial charge is 0.248 e. The maximum atomic E-state index is 4.14. The maximum absolute atomic E-state index is 4.14. The molecule has 0 amide bonds. The Balaban J connectivity index is 2.54. The average Bonchev–Trinajstić information content (AvgIpc) is 2.57. The van der Waals surface area contributed by atoms with Crippen molar-refractivity contribution in [2.45, 2.75) is 0 Å². The first kappa shape index (κ1) is 7.37. The van der Waals surface area contributed by atoms with Crippen LogP contribution in [0.5, 0.6) is 0 Å². The lowest BCUT2D eigenvalue weighted by atomic mass is 10.2. The van der Waals surface area contributed by atoms with Crippen LogP contribution in [0.3, 0.4) is 0 Å². The second kappa shape index (κ2) is 2.47. The van der Waals surface area contributed by atoms with E-state index in [0.29, 0.717) is 0 Å². The van der Waals surface area contributed by atoms with Gasteiger partial charge < -0.3 is 0 Å². The van der Waals surface area contributed by atoms with Gasteiger partial charge >= 0.3 is 0 Å². The van der Waals surface area contributed by atoms with Crippen LogP contribution in [0.25, 0.3) is 21.9 Å². The van der Waals surface area contributed by atoms with Crippen molar-refractivity contribution >= 4 is 21.9 Å². The van der Waals surface area contributed by atoms with Crippen LogP contribution in [-0.2, 0) is 7.05 Å². The fourth-order valence-electron chi connectivity index (χ4n) is 1.45. The Morgan fingerprint density at radius 2 is 2.21 bits per heavy atom. The summed E-state index contributed by atoms with van der Waals surface area (Å²) in [6.45, 7) is 0. The third-order valence-corrected chi connectivity index (χ3v) is 2.17. The number of nitrogens with zero attached hydrogens (tertiary/aromatic N) is 5. The highest BCUT2D eigenvalue weighted by Gasteiger charge is 2.03. The predicted octanol–water partition coefficient (Wildman–Crippen LogP) is 0.712. The van der Waals surface area contributed by atoms with Gasteiger partial charge in [-0.2, -0.15) is 0 Å². The van der Waals surface area contributed by atoms with Crippen LogP contribution >= 0.6 is 0 Å². The molecule has 5 nitrogen and oxygen atoms in total. The van der Waals surface area contributed by atoms with Crippen LogP contribution in [0.2, 0.25) is 0 Å². The minimum absolute atomic E-state index is 0.839. The van der Waals surface area contributed by atoms with E-state index in [0.717, 1.165) is 21.9 Å². The summed E-state index contributed by atoms with van der Waals surface area (Å²) in [6, 6.07) is 3.82. The van der Waals surface area contributed by atoms with E-state index in [-0.39, 0.29) is 0 Å². The molecule has 0 atom stereocenters. The molecule has 3 aromatic rings. The standard InChI is InChI=1S/C9H6N5/c1-14-9-3-7-6(4-10-5-11-7)2-8(9)12-13-14/h2-3,5H,1H3. The Kier molecular flexibility index (Phi) is 1.30. The molecule has 67 valence electrons. The molecule has 0 saturated heterocycles. The van der Waals surface area contributed by atoms with Crippen LogP contribution in [-0.4, -0.2) is 25.0 Å². The summed E-state index contributed by atoms with van der Waals surface area (Å²) in [5, 5.41) is 8.79. The van der Waals surface area contributed by atoms with Crippen LogP contribution in [0, 0.1) is 6.20 Å². The van der Waals surface area contributed by atoms with Gasteiger partial charge in [-0.3, -0.25) is 0 Å². The summed E-state index contributed by atoms with van der Waals surface area (Å²) in [5.74, 6) is 0. The van der Waals surface area contributed by atoms with Gasteiger partial charge in [-0.25, -0.2) is 14.6 Å². The van der Waals surface area contributed by atoms with Crippen LogP contribution in [0.15, 0.2) is 18.5 Å². The van der Waals surface area contributed by atoms with Crippen molar-refractivity contribution in [1.29, 1.82) is 0 Å². The number of hydrogen-bond donors (Lipinski definition) is 0. The molecule has 2 aromatic heterocycles. The molecule has 1 radical (unpaired) electrons. The average molecular weight is 184 g/mol.